The maximum atomic E-state index is 12.4. The van der Waals surface area contributed by atoms with Gasteiger partial charge in [-0.05, 0) is 39.3 Å². The lowest BCUT2D eigenvalue weighted by atomic mass is 10.2. The first kappa shape index (κ1) is 15.6. The lowest BCUT2D eigenvalue weighted by Crippen LogP contribution is -2.32. The van der Waals surface area contributed by atoms with Crippen LogP contribution in [0.15, 0.2) is 33.9 Å². The van der Waals surface area contributed by atoms with E-state index in [0.29, 0.717) is 17.5 Å². The number of thioether (sulfide) groups is 1. The molecule has 1 heterocycles. The van der Waals surface area contributed by atoms with E-state index in [0.717, 1.165) is 22.7 Å². The molecule has 0 aliphatic rings. The van der Waals surface area contributed by atoms with Crippen molar-refractivity contribution in [2.24, 2.45) is 0 Å². The summed E-state index contributed by atoms with van der Waals surface area (Å²) in [6.45, 7) is 8.41. The molecule has 0 fully saturated rings. The van der Waals surface area contributed by atoms with E-state index >= 15 is 0 Å². The minimum Gasteiger partial charge on any atom is -0.437 e. The normalized spacial score (nSPS) is 10.7. The number of nitrogens with zero attached hydrogens (tertiary/aromatic N) is 2. The van der Waals surface area contributed by atoms with Gasteiger partial charge in [-0.15, -0.1) is 0 Å². The van der Waals surface area contributed by atoms with E-state index in [2.05, 4.69) is 4.98 Å². The average molecular weight is 304 g/mol. The number of rotatable bonds is 5. The van der Waals surface area contributed by atoms with Crippen LogP contribution in [0.2, 0.25) is 0 Å². The Morgan fingerprint density at radius 1 is 1.29 bits per heavy atom. The zero-order valence-corrected chi connectivity index (χ0v) is 13.7. The van der Waals surface area contributed by atoms with E-state index in [9.17, 15) is 4.79 Å². The number of carbonyl (C=O) groups excluding carboxylic acids is 1. The van der Waals surface area contributed by atoms with Gasteiger partial charge in [0.2, 0.25) is 5.91 Å². The fourth-order valence-electron chi connectivity index (χ4n) is 2.05. The molecule has 0 aliphatic heterocycles. The highest BCUT2D eigenvalue weighted by atomic mass is 32.2. The van der Waals surface area contributed by atoms with Crippen molar-refractivity contribution in [1.29, 1.82) is 0 Å². The molecule has 4 nitrogen and oxygen atoms in total. The Morgan fingerprint density at radius 3 is 2.57 bits per heavy atom. The van der Waals surface area contributed by atoms with Crippen molar-refractivity contribution >= 4 is 23.4 Å². The van der Waals surface area contributed by atoms with Crippen LogP contribution in [-0.4, -0.2) is 23.2 Å². The third kappa shape index (κ3) is 3.67. The van der Waals surface area contributed by atoms with Crippen LogP contribution in [0, 0.1) is 20.8 Å². The molecule has 0 radical (unpaired) electrons. The molecule has 21 heavy (non-hydrogen) atoms. The minimum absolute atomic E-state index is 0.0605. The first-order valence-electron chi connectivity index (χ1n) is 6.95. The van der Waals surface area contributed by atoms with Gasteiger partial charge in [-0.3, -0.25) is 4.79 Å². The van der Waals surface area contributed by atoms with Gasteiger partial charge in [-0.2, -0.15) is 0 Å². The zero-order valence-electron chi connectivity index (χ0n) is 12.8. The summed E-state index contributed by atoms with van der Waals surface area (Å²) in [5, 5.41) is 0.555. The molecule has 5 heteroatoms. The number of para-hydroxylation sites is 1. The molecule has 0 atom stereocenters. The number of oxazole rings is 1. The average Bonchev–Trinajstić information content (AvgIpc) is 2.78. The molecular formula is C16H20N2O2S. The SMILES string of the molecule is CCN(C(=O)CSc1nc(C)c(C)o1)c1ccccc1C. The Hall–Kier alpha value is -1.75. The second-order valence-electron chi connectivity index (χ2n) is 4.83. The van der Waals surface area contributed by atoms with Crippen LogP contribution in [0.5, 0.6) is 0 Å². The highest BCUT2D eigenvalue weighted by Gasteiger charge is 2.17. The van der Waals surface area contributed by atoms with Crippen LogP contribution in [-0.2, 0) is 4.79 Å². The molecule has 0 N–H and O–H groups in total. The molecule has 0 aliphatic carbocycles. The second-order valence-corrected chi connectivity index (χ2v) is 5.76. The van der Waals surface area contributed by atoms with Crippen molar-refractivity contribution in [2.45, 2.75) is 32.9 Å². The number of anilines is 1. The Morgan fingerprint density at radius 2 is 2.00 bits per heavy atom. The van der Waals surface area contributed by atoms with Crippen LogP contribution in [0.25, 0.3) is 0 Å². The molecule has 1 amide bonds. The van der Waals surface area contributed by atoms with E-state index in [1.54, 1.807) is 4.90 Å². The van der Waals surface area contributed by atoms with Gasteiger partial charge in [0.05, 0.1) is 11.4 Å². The zero-order chi connectivity index (χ0) is 15.4. The minimum atomic E-state index is 0.0605. The summed E-state index contributed by atoms with van der Waals surface area (Å²) in [5.41, 5.74) is 2.93. The van der Waals surface area contributed by atoms with Gasteiger partial charge in [0.15, 0.2) is 0 Å². The number of amides is 1. The lowest BCUT2D eigenvalue weighted by molar-refractivity contribution is -0.116. The number of hydrogen-bond acceptors (Lipinski definition) is 4. The Kier molecular flexibility index (Phi) is 5.07. The van der Waals surface area contributed by atoms with Crippen molar-refractivity contribution in [3.8, 4) is 0 Å². The summed E-state index contributed by atoms with van der Waals surface area (Å²) in [4.78, 5) is 18.5. The predicted molar refractivity (Wildman–Crippen MR) is 85.9 cm³/mol. The van der Waals surface area contributed by atoms with Crippen molar-refractivity contribution < 1.29 is 9.21 Å². The third-order valence-corrected chi connectivity index (χ3v) is 4.16. The van der Waals surface area contributed by atoms with Crippen LogP contribution in [0.4, 0.5) is 5.69 Å². The Labute approximate surface area is 129 Å². The van der Waals surface area contributed by atoms with Crippen molar-refractivity contribution in [3.05, 3.63) is 41.3 Å². The van der Waals surface area contributed by atoms with E-state index in [1.807, 2.05) is 52.0 Å². The van der Waals surface area contributed by atoms with Crippen LogP contribution in [0.3, 0.4) is 0 Å². The highest BCUT2D eigenvalue weighted by Crippen LogP contribution is 2.23. The first-order chi connectivity index (χ1) is 10.0. The largest absolute Gasteiger partial charge is 0.437 e. The molecule has 0 spiro atoms. The molecule has 1 aromatic heterocycles. The number of aromatic nitrogens is 1. The Balaban J connectivity index is 2.05. The molecule has 0 unspecified atom stereocenters. The lowest BCUT2D eigenvalue weighted by Gasteiger charge is -2.22. The van der Waals surface area contributed by atoms with E-state index in [-0.39, 0.29) is 5.91 Å². The number of hydrogen-bond donors (Lipinski definition) is 0. The summed E-state index contributed by atoms with van der Waals surface area (Å²) < 4.78 is 5.49. The van der Waals surface area contributed by atoms with Crippen molar-refractivity contribution in [2.75, 3.05) is 17.2 Å². The second kappa shape index (κ2) is 6.80. The van der Waals surface area contributed by atoms with Gasteiger partial charge in [-0.1, -0.05) is 30.0 Å². The summed E-state index contributed by atoms with van der Waals surface area (Å²) in [7, 11) is 0. The fourth-order valence-corrected chi connectivity index (χ4v) is 2.84. The number of carbonyl (C=O) groups is 1. The molecule has 2 rings (SSSR count). The van der Waals surface area contributed by atoms with E-state index in [1.165, 1.54) is 11.8 Å². The molecule has 112 valence electrons. The Bertz CT molecular complexity index is 617. The molecule has 0 saturated carbocycles. The van der Waals surface area contributed by atoms with Gasteiger partial charge >= 0.3 is 0 Å². The van der Waals surface area contributed by atoms with Crippen molar-refractivity contribution in [3.63, 3.8) is 0 Å². The topological polar surface area (TPSA) is 46.3 Å². The van der Waals surface area contributed by atoms with Gasteiger partial charge < -0.3 is 9.32 Å². The van der Waals surface area contributed by atoms with Gasteiger partial charge in [0.1, 0.15) is 5.76 Å². The number of benzene rings is 1. The monoisotopic (exact) mass is 304 g/mol. The summed E-state index contributed by atoms with van der Waals surface area (Å²) in [6, 6.07) is 7.91. The number of aryl methyl sites for hydroxylation is 3. The summed E-state index contributed by atoms with van der Waals surface area (Å²) >= 11 is 1.34. The maximum Gasteiger partial charge on any atom is 0.256 e. The maximum absolute atomic E-state index is 12.4. The summed E-state index contributed by atoms with van der Waals surface area (Å²) in [6.07, 6.45) is 0. The first-order valence-corrected chi connectivity index (χ1v) is 7.94. The molecule has 0 saturated heterocycles. The third-order valence-electron chi connectivity index (χ3n) is 3.35. The van der Waals surface area contributed by atoms with Gasteiger partial charge in [0, 0.05) is 12.2 Å². The van der Waals surface area contributed by atoms with E-state index < -0.39 is 0 Å². The quantitative estimate of drug-likeness (QED) is 0.789. The highest BCUT2D eigenvalue weighted by molar-refractivity contribution is 7.99. The van der Waals surface area contributed by atoms with Crippen LogP contribution >= 0.6 is 11.8 Å². The van der Waals surface area contributed by atoms with E-state index in [4.69, 9.17) is 4.42 Å². The molecule has 2 aromatic rings. The predicted octanol–water partition coefficient (Wildman–Crippen LogP) is 3.75. The fraction of sp³-hybridized carbons (Fsp3) is 0.375. The van der Waals surface area contributed by atoms with Gasteiger partial charge in [-0.25, -0.2) is 4.98 Å². The van der Waals surface area contributed by atoms with Crippen LogP contribution < -0.4 is 4.90 Å². The molecule has 0 bridgehead atoms. The molecular weight excluding hydrogens is 284 g/mol. The van der Waals surface area contributed by atoms with Crippen LogP contribution in [0.1, 0.15) is 23.9 Å². The van der Waals surface area contributed by atoms with Gasteiger partial charge in [0.25, 0.3) is 5.22 Å². The smallest absolute Gasteiger partial charge is 0.256 e. The standard InChI is InChI=1S/C16H20N2O2S/c1-5-18(14-9-7-6-8-11(14)2)15(19)10-21-16-17-12(3)13(4)20-16/h6-9H,5,10H2,1-4H3. The van der Waals surface area contributed by atoms with Crippen molar-refractivity contribution in [1.82, 2.24) is 4.98 Å². The summed E-state index contributed by atoms with van der Waals surface area (Å²) in [5.74, 6) is 1.18. The molecule has 1 aromatic carbocycles.